The highest BCUT2D eigenvalue weighted by Crippen LogP contribution is 2.25. The molecule has 2 nitrogen and oxygen atoms in total. The standard InChI is InChI=1S/C14H10BrClFNO/c1-8-5-9(7-10(15)6-8)14(19)18-13-11(16)3-2-4-12(13)17/h2-7H,1H3,(H,18,19). The van der Waals surface area contributed by atoms with Gasteiger partial charge in [0.1, 0.15) is 5.82 Å². The van der Waals surface area contributed by atoms with Gasteiger partial charge in [-0.15, -0.1) is 0 Å². The first kappa shape index (κ1) is 14.0. The van der Waals surface area contributed by atoms with Gasteiger partial charge in [0.2, 0.25) is 0 Å². The highest BCUT2D eigenvalue weighted by Gasteiger charge is 2.13. The number of aryl methyl sites for hydroxylation is 1. The van der Waals surface area contributed by atoms with Crippen molar-refractivity contribution in [3.05, 3.63) is 62.8 Å². The zero-order chi connectivity index (χ0) is 14.0. The lowest BCUT2D eigenvalue weighted by atomic mass is 10.1. The number of halogens is 3. The summed E-state index contributed by atoms with van der Waals surface area (Å²) in [4.78, 5) is 12.1. The molecule has 0 aliphatic heterocycles. The van der Waals surface area contributed by atoms with E-state index in [1.54, 1.807) is 12.1 Å². The number of carbonyl (C=O) groups is 1. The Morgan fingerprint density at radius 3 is 2.68 bits per heavy atom. The predicted molar refractivity (Wildman–Crippen MR) is 78.2 cm³/mol. The van der Waals surface area contributed by atoms with E-state index < -0.39 is 11.7 Å². The Morgan fingerprint density at radius 2 is 2.05 bits per heavy atom. The van der Waals surface area contributed by atoms with E-state index in [1.165, 1.54) is 18.2 Å². The molecule has 2 aromatic rings. The number of benzene rings is 2. The molecule has 0 saturated carbocycles. The van der Waals surface area contributed by atoms with Crippen LogP contribution in [0.25, 0.3) is 0 Å². The van der Waals surface area contributed by atoms with Gasteiger partial charge >= 0.3 is 0 Å². The van der Waals surface area contributed by atoms with E-state index in [9.17, 15) is 9.18 Å². The Morgan fingerprint density at radius 1 is 1.32 bits per heavy atom. The lowest BCUT2D eigenvalue weighted by Gasteiger charge is -2.09. The molecule has 98 valence electrons. The van der Waals surface area contributed by atoms with E-state index >= 15 is 0 Å². The minimum atomic E-state index is -0.562. The van der Waals surface area contributed by atoms with Crippen LogP contribution in [0, 0.1) is 12.7 Å². The van der Waals surface area contributed by atoms with Gasteiger partial charge in [0.25, 0.3) is 5.91 Å². The zero-order valence-corrected chi connectivity index (χ0v) is 12.3. The summed E-state index contributed by atoms with van der Waals surface area (Å²) in [7, 11) is 0. The van der Waals surface area contributed by atoms with Crippen molar-refractivity contribution in [3.63, 3.8) is 0 Å². The third-order valence-electron chi connectivity index (χ3n) is 2.51. The van der Waals surface area contributed by atoms with Crippen LogP contribution in [0.2, 0.25) is 5.02 Å². The molecule has 0 saturated heterocycles. The monoisotopic (exact) mass is 341 g/mol. The molecule has 0 atom stereocenters. The van der Waals surface area contributed by atoms with Gasteiger partial charge in [-0.2, -0.15) is 0 Å². The minimum absolute atomic E-state index is 0.00760. The fourth-order valence-corrected chi connectivity index (χ4v) is 2.49. The van der Waals surface area contributed by atoms with Crippen LogP contribution in [0.4, 0.5) is 10.1 Å². The average Bonchev–Trinajstić information content (AvgIpc) is 2.32. The third-order valence-corrected chi connectivity index (χ3v) is 3.28. The fraction of sp³-hybridized carbons (Fsp3) is 0.0714. The van der Waals surface area contributed by atoms with E-state index in [0.717, 1.165) is 10.0 Å². The molecule has 0 aliphatic rings. The molecule has 0 spiro atoms. The van der Waals surface area contributed by atoms with Crippen molar-refractivity contribution in [1.29, 1.82) is 0 Å². The zero-order valence-electron chi connectivity index (χ0n) is 10.0. The van der Waals surface area contributed by atoms with Crippen LogP contribution in [0.15, 0.2) is 40.9 Å². The van der Waals surface area contributed by atoms with Crippen LogP contribution in [0.5, 0.6) is 0 Å². The van der Waals surface area contributed by atoms with Crippen LogP contribution >= 0.6 is 27.5 Å². The molecule has 0 aliphatic carbocycles. The number of para-hydroxylation sites is 1. The summed E-state index contributed by atoms with van der Waals surface area (Å²) in [5, 5.41) is 2.65. The van der Waals surface area contributed by atoms with E-state index in [-0.39, 0.29) is 10.7 Å². The normalized spacial score (nSPS) is 10.3. The van der Waals surface area contributed by atoms with Gasteiger partial charge in [0.15, 0.2) is 0 Å². The van der Waals surface area contributed by atoms with Gasteiger partial charge < -0.3 is 5.32 Å². The summed E-state index contributed by atoms with van der Waals surface area (Å²) in [6.07, 6.45) is 0. The van der Waals surface area contributed by atoms with Crippen molar-refractivity contribution in [1.82, 2.24) is 0 Å². The first-order valence-electron chi connectivity index (χ1n) is 5.50. The molecular formula is C14H10BrClFNO. The van der Waals surface area contributed by atoms with Crippen molar-refractivity contribution in [2.24, 2.45) is 0 Å². The SMILES string of the molecule is Cc1cc(Br)cc(C(=O)Nc2c(F)cccc2Cl)c1. The third kappa shape index (κ3) is 3.33. The molecule has 19 heavy (non-hydrogen) atoms. The molecule has 0 aromatic heterocycles. The van der Waals surface area contributed by atoms with Crippen LogP contribution in [0.3, 0.4) is 0 Å². The Balaban J connectivity index is 2.31. The Labute approximate surface area is 123 Å². The van der Waals surface area contributed by atoms with Crippen molar-refractivity contribution >= 4 is 39.1 Å². The van der Waals surface area contributed by atoms with Crippen molar-refractivity contribution in [2.75, 3.05) is 5.32 Å². The summed E-state index contributed by atoms with van der Waals surface area (Å²) in [5.41, 5.74) is 1.36. The molecule has 1 N–H and O–H groups in total. The van der Waals surface area contributed by atoms with Gasteiger partial charge in [-0.3, -0.25) is 4.79 Å². The molecule has 2 aromatic carbocycles. The molecule has 0 fully saturated rings. The van der Waals surface area contributed by atoms with Crippen LogP contribution < -0.4 is 5.32 Å². The number of hydrogen-bond donors (Lipinski definition) is 1. The maximum absolute atomic E-state index is 13.6. The number of nitrogens with one attached hydrogen (secondary N) is 1. The first-order chi connectivity index (χ1) is 8.97. The second-order valence-corrected chi connectivity index (χ2v) is 5.39. The second kappa shape index (κ2) is 5.72. The number of anilines is 1. The van der Waals surface area contributed by atoms with Crippen molar-refractivity contribution in [2.45, 2.75) is 6.92 Å². The molecule has 0 radical (unpaired) electrons. The average molecular weight is 343 g/mol. The topological polar surface area (TPSA) is 29.1 Å². The Kier molecular flexibility index (Phi) is 4.22. The Bertz CT molecular complexity index is 605. The highest BCUT2D eigenvalue weighted by molar-refractivity contribution is 9.10. The van der Waals surface area contributed by atoms with Gasteiger partial charge in [-0.05, 0) is 42.8 Å². The van der Waals surface area contributed by atoms with Gasteiger partial charge in [-0.25, -0.2) is 4.39 Å². The summed E-state index contributed by atoms with van der Waals surface area (Å²) < 4.78 is 14.4. The lowest BCUT2D eigenvalue weighted by Crippen LogP contribution is -2.13. The van der Waals surface area contributed by atoms with Gasteiger partial charge in [0, 0.05) is 10.0 Å². The second-order valence-electron chi connectivity index (χ2n) is 4.07. The van der Waals surface area contributed by atoms with Crippen LogP contribution in [0.1, 0.15) is 15.9 Å². The summed E-state index contributed by atoms with van der Waals surface area (Å²) >= 11 is 9.18. The summed E-state index contributed by atoms with van der Waals surface area (Å²) in [5.74, 6) is -0.969. The molecule has 0 heterocycles. The predicted octanol–water partition coefficient (Wildman–Crippen LogP) is 4.80. The maximum Gasteiger partial charge on any atom is 0.255 e. The van der Waals surface area contributed by atoms with Gasteiger partial charge in [0.05, 0.1) is 10.7 Å². The van der Waals surface area contributed by atoms with E-state index in [1.807, 2.05) is 13.0 Å². The lowest BCUT2D eigenvalue weighted by molar-refractivity contribution is 0.102. The van der Waals surface area contributed by atoms with E-state index in [2.05, 4.69) is 21.2 Å². The molecule has 1 amide bonds. The quantitative estimate of drug-likeness (QED) is 0.834. The molecular weight excluding hydrogens is 333 g/mol. The number of amides is 1. The highest BCUT2D eigenvalue weighted by atomic mass is 79.9. The number of rotatable bonds is 2. The fourth-order valence-electron chi connectivity index (χ4n) is 1.67. The Hall–Kier alpha value is -1.39. The summed E-state index contributed by atoms with van der Waals surface area (Å²) in [6, 6.07) is 9.51. The first-order valence-corrected chi connectivity index (χ1v) is 6.67. The maximum atomic E-state index is 13.6. The van der Waals surface area contributed by atoms with E-state index in [4.69, 9.17) is 11.6 Å². The van der Waals surface area contributed by atoms with Crippen LogP contribution in [-0.2, 0) is 0 Å². The molecule has 0 bridgehead atoms. The minimum Gasteiger partial charge on any atom is -0.318 e. The molecule has 0 unspecified atom stereocenters. The number of carbonyl (C=O) groups excluding carboxylic acids is 1. The van der Waals surface area contributed by atoms with Gasteiger partial charge in [-0.1, -0.05) is 33.6 Å². The largest absolute Gasteiger partial charge is 0.318 e. The van der Waals surface area contributed by atoms with Crippen molar-refractivity contribution in [3.8, 4) is 0 Å². The molecule has 2 rings (SSSR count). The molecule has 5 heteroatoms. The van der Waals surface area contributed by atoms with E-state index in [0.29, 0.717) is 5.56 Å². The van der Waals surface area contributed by atoms with Crippen LogP contribution in [-0.4, -0.2) is 5.91 Å². The smallest absolute Gasteiger partial charge is 0.255 e. The van der Waals surface area contributed by atoms with Crippen molar-refractivity contribution < 1.29 is 9.18 Å². The number of hydrogen-bond acceptors (Lipinski definition) is 1. The summed E-state index contributed by atoms with van der Waals surface area (Å²) in [6.45, 7) is 1.87.